The summed E-state index contributed by atoms with van der Waals surface area (Å²) in [5, 5.41) is 0. The number of rotatable bonds is 11. The van der Waals surface area contributed by atoms with Gasteiger partial charge < -0.3 is 9.80 Å². The Bertz CT molecular complexity index is 357. The van der Waals surface area contributed by atoms with Crippen molar-refractivity contribution < 1.29 is 0 Å². The van der Waals surface area contributed by atoms with E-state index in [1.807, 2.05) is 0 Å². The molecule has 0 fully saturated rings. The summed E-state index contributed by atoms with van der Waals surface area (Å²) >= 11 is 0. The van der Waals surface area contributed by atoms with Gasteiger partial charge >= 0.3 is 0 Å². The zero-order chi connectivity index (χ0) is 17.2. The van der Waals surface area contributed by atoms with E-state index >= 15 is 0 Å². The molecule has 1 aliphatic rings. The molecule has 0 heterocycles. The van der Waals surface area contributed by atoms with Crippen molar-refractivity contribution in [3.05, 3.63) is 23.8 Å². The van der Waals surface area contributed by atoms with Crippen molar-refractivity contribution in [2.45, 2.75) is 39.0 Å². The summed E-state index contributed by atoms with van der Waals surface area (Å²) in [6.07, 6.45) is 8.77. The molecule has 0 N–H and O–H groups in total. The lowest BCUT2D eigenvalue weighted by atomic mass is 9.85. The fraction of sp³-hybridized carbons (Fsp3) is 0.800. The molecule has 0 bridgehead atoms. The Balaban J connectivity index is 2.45. The van der Waals surface area contributed by atoms with Crippen LogP contribution in [0.15, 0.2) is 23.8 Å². The van der Waals surface area contributed by atoms with Gasteiger partial charge in [0.15, 0.2) is 0 Å². The molecule has 0 saturated heterocycles. The lowest BCUT2D eigenvalue weighted by molar-refractivity contribution is 0.252. The quantitative estimate of drug-likeness (QED) is 0.539. The lowest BCUT2D eigenvalue weighted by Gasteiger charge is -2.28. The van der Waals surface area contributed by atoms with Crippen LogP contribution in [0, 0.1) is 5.92 Å². The van der Waals surface area contributed by atoms with Gasteiger partial charge in [0.1, 0.15) is 0 Å². The predicted octanol–water partition coefficient (Wildman–Crippen LogP) is 3.49. The highest BCUT2D eigenvalue weighted by Gasteiger charge is 2.16. The van der Waals surface area contributed by atoms with E-state index in [9.17, 15) is 0 Å². The van der Waals surface area contributed by atoms with Gasteiger partial charge in [-0.2, -0.15) is 0 Å². The Morgan fingerprint density at radius 2 is 1.61 bits per heavy atom. The van der Waals surface area contributed by atoms with Gasteiger partial charge in [0.2, 0.25) is 0 Å². The Morgan fingerprint density at radius 3 is 2.00 bits per heavy atom. The van der Waals surface area contributed by atoms with E-state index in [2.05, 4.69) is 62.5 Å². The van der Waals surface area contributed by atoms with Crippen molar-refractivity contribution in [2.24, 2.45) is 5.92 Å². The van der Waals surface area contributed by atoms with Gasteiger partial charge in [-0.3, -0.25) is 4.90 Å². The minimum Gasteiger partial charge on any atom is -0.309 e. The molecule has 3 nitrogen and oxygen atoms in total. The Labute approximate surface area is 145 Å². The average molecular weight is 322 g/mol. The average Bonchev–Trinajstić information content (AvgIpc) is 2.46. The second-order valence-corrected chi connectivity index (χ2v) is 7.77. The van der Waals surface area contributed by atoms with Crippen LogP contribution in [-0.2, 0) is 0 Å². The van der Waals surface area contributed by atoms with Gasteiger partial charge in [-0.05, 0) is 99.3 Å². The molecule has 134 valence electrons. The van der Waals surface area contributed by atoms with E-state index in [0.717, 1.165) is 5.92 Å². The maximum atomic E-state index is 4.13. The molecular formula is C20H39N3. The smallest absolute Gasteiger partial charge is 0.0192 e. The third kappa shape index (κ3) is 9.29. The fourth-order valence-electron chi connectivity index (χ4n) is 3.26. The van der Waals surface area contributed by atoms with Crippen LogP contribution in [0.5, 0.6) is 0 Å². The summed E-state index contributed by atoms with van der Waals surface area (Å²) in [4.78, 5) is 7.24. The standard InChI is InChI=1S/C20H39N3/c1-18(2)20-11-9-19(10-12-20)17-23(15-7-13-21(3)4)16-8-14-22(5)6/h9,20H,1,7-8,10-17H2,2-6H3/t20-/m0/s1. The minimum atomic E-state index is 0.717. The summed E-state index contributed by atoms with van der Waals surface area (Å²) in [7, 11) is 8.66. The summed E-state index contributed by atoms with van der Waals surface area (Å²) in [6.45, 7) is 12.3. The van der Waals surface area contributed by atoms with Crippen LogP contribution in [0.2, 0.25) is 0 Å². The number of allylic oxidation sites excluding steroid dienone is 2. The van der Waals surface area contributed by atoms with Crippen molar-refractivity contribution in [1.82, 2.24) is 14.7 Å². The van der Waals surface area contributed by atoms with Crippen molar-refractivity contribution >= 4 is 0 Å². The third-order valence-electron chi connectivity index (χ3n) is 4.79. The molecule has 0 aromatic carbocycles. The molecule has 23 heavy (non-hydrogen) atoms. The Kier molecular flexibility index (Phi) is 9.77. The van der Waals surface area contributed by atoms with Crippen LogP contribution in [-0.4, -0.2) is 75.6 Å². The molecule has 0 amide bonds. The van der Waals surface area contributed by atoms with Gasteiger partial charge in [-0.1, -0.05) is 23.8 Å². The maximum absolute atomic E-state index is 4.13. The van der Waals surface area contributed by atoms with Crippen molar-refractivity contribution in [3.8, 4) is 0 Å². The van der Waals surface area contributed by atoms with Crippen LogP contribution >= 0.6 is 0 Å². The Hall–Kier alpha value is -0.640. The van der Waals surface area contributed by atoms with E-state index < -0.39 is 0 Å². The summed E-state index contributed by atoms with van der Waals surface area (Å²) in [5.74, 6) is 0.717. The lowest BCUT2D eigenvalue weighted by Crippen LogP contribution is -2.32. The highest BCUT2D eigenvalue weighted by Crippen LogP contribution is 2.28. The number of nitrogens with zero attached hydrogens (tertiary/aromatic N) is 3. The fourth-order valence-corrected chi connectivity index (χ4v) is 3.26. The van der Waals surface area contributed by atoms with Gasteiger partial charge in [0, 0.05) is 6.54 Å². The first-order valence-corrected chi connectivity index (χ1v) is 9.23. The highest BCUT2D eigenvalue weighted by molar-refractivity contribution is 5.13. The molecule has 0 aromatic rings. The summed E-state index contributed by atoms with van der Waals surface area (Å²) in [5.41, 5.74) is 3.01. The molecule has 0 aliphatic heterocycles. The zero-order valence-corrected chi connectivity index (χ0v) is 16.3. The molecule has 1 rings (SSSR count). The second kappa shape index (κ2) is 11.0. The van der Waals surface area contributed by atoms with E-state index in [1.165, 1.54) is 70.4 Å². The predicted molar refractivity (Wildman–Crippen MR) is 103 cm³/mol. The molecule has 0 spiro atoms. The molecule has 0 aromatic heterocycles. The topological polar surface area (TPSA) is 9.72 Å². The summed E-state index contributed by atoms with van der Waals surface area (Å²) < 4.78 is 0. The SMILES string of the molecule is C=C(C)[C@H]1CC=C(CN(CCCN(C)C)CCCN(C)C)CC1. The van der Waals surface area contributed by atoms with Crippen LogP contribution in [0.3, 0.4) is 0 Å². The maximum Gasteiger partial charge on any atom is 0.0192 e. The third-order valence-corrected chi connectivity index (χ3v) is 4.79. The van der Waals surface area contributed by atoms with Crippen LogP contribution in [0.4, 0.5) is 0 Å². The summed E-state index contributed by atoms with van der Waals surface area (Å²) in [6, 6.07) is 0. The van der Waals surface area contributed by atoms with E-state index in [-0.39, 0.29) is 0 Å². The van der Waals surface area contributed by atoms with Gasteiger partial charge in [-0.15, -0.1) is 0 Å². The molecule has 1 aliphatic carbocycles. The first kappa shape index (κ1) is 20.4. The molecule has 3 heteroatoms. The number of hydrogen-bond acceptors (Lipinski definition) is 3. The first-order chi connectivity index (χ1) is 10.9. The normalized spacial score (nSPS) is 18.8. The minimum absolute atomic E-state index is 0.717. The van der Waals surface area contributed by atoms with Crippen molar-refractivity contribution in [3.63, 3.8) is 0 Å². The molecule has 0 saturated carbocycles. The molecule has 0 unspecified atom stereocenters. The van der Waals surface area contributed by atoms with Crippen LogP contribution in [0.25, 0.3) is 0 Å². The first-order valence-electron chi connectivity index (χ1n) is 9.23. The van der Waals surface area contributed by atoms with E-state index in [4.69, 9.17) is 0 Å². The second-order valence-electron chi connectivity index (χ2n) is 7.77. The Morgan fingerprint density at radius 1 is 1.04 bits per heavy atom. The van der Waals surface area contributed by atoms with Gasteiger partial charge in [0.05, 0.1) is 0 Å². The van der Waals surface area contributed by atoms with Crippen molar-refractivity contribution in [2.75, 3.05) is 60.9 Å². The monoisotopic (exact) mass is 321 g/mol. The highest BCUT2D eigenvalue weighted by atomic mass is 15.1. The van der Waals surface area contributed by atoms with E-state index in [1.54, 1.807) is 5.57 Å². The van der Waals surface area contributed by atoms with Crippen LogP contribution in [0.1, 0.15) is 39.0 Å². The van der Waals surface area contributed by atoms with Gasteiger partial charge in [-0.25, -0.2) is 0 Å². The largest absolute Gasteiger partial charge is 0.309 e. The van der Waals surface area contributed by atoms with Crippen LogP contribution < -0.4 is 0 Å². The molecule has 1 atom stereocenters. The van der Waals surface area contributed by atoms with E-state index in [0.29, 0.717) is 0 Å². The molecule has 0 radical (unpaired) electrons. The van der Waals surface area contributed by atoms with Gasteiger partial charge in [0.25, 0.3) is 0 Å². The molecular weight excluding hydrogens is 282 g/mol. The zero-order valence-electron chi connectivity index (χ0n) is 16.3. The number of hydrogen-bond donors (Lipinski definition) is 0. The van der Waals surface area contributed by atoms with Crippen molar-refractivity contribution in [1.29, 1.82) is 0 Å².